The lowest BCUT2D eigenvalue weighted by molar-refractivity contribution is -0.131. The Bertz CT molecular complexity index is 711. The molecule has 1 aromatic rings. The maximum absolute atomic E-state index is 11.7. The summed E-state index contributed by atoms with van der Waals surface area (Å²) in [6, 6.07) is 4.96. The van der Waals surface area contributed by atoms with Crippen molar-refractivity contribution >= 4 is 40.4 Å². The fraction of sp³-hybridized carbons (Fsp3) is 0.533. The molecule has 0 aliphatic carbocycles. The number of ether oxygens (including phenoxy) is 1. The van der Waals surface area contributed by atoms with Crippen LogP contribution >= 0.6 is 11.2 Å². The SMILES string of the molecule is COc1ccc(NS(=O)(=O)OC(C)=O)cc1S[Si](C)(C)C(C)(C)C. The van der Waals surface area contributed by atoms with E-state index in [4.69, 9.17) is 4.74 Å². The zero-order valence-electron chi connectivity index (χ0n) is 15.1. The van der Waals surface area contributed by atoms with Crippen molar-refractivity contribution in [2.45, 2.75) is 50.7 Å². The summed E-state index contributed by atoms with van der Waals surface area (Å²) < 4.78 is 35.4. The van der Waals surface area contributed by atoms with Gasteiger partial charge in [-0.05, 0) is 23.2 Å². The first-order valence-corrected chi connectivity index (χ1v) is 13.3. The minimum Gasteiger partial charge on any atom is -0.496 e. The van der Waals surface area contributed by atoms with Gasteiger partial charge in [0.1, 0.15) is 13.0 Å². The fourth-order valence-electron chi connectivity index (χ4n) is 1.57. The highest BCUT2D eigenvalue weighted by Gasteiger charge is 2.37. The largest absolute Gasteiger partial charge is 0.496 e. The van der Waals surface area contributed by atoms with E-state index in [1.165, 1.54) is 0 Å². The first-order valence-electron chi connectivity index (χ1n) is 7.37. The minimum atomic E-state index is -4.18. The number of rotatable bonds is 6. The Morgan fingerprint density at radius 2 is 1.83 bits per heavy atom. The summed E-state index contributed by atoms with van der Waals surface area (Å²) in [4.78, 5) is 11.7. The van der Waals surface area contributed by atoms with Gasteiger partial charge in [0.2, 0.25) is 0 Å². The molecule has 0 aromatic heterocycles. The molecule has 6 nitrogen and oxygen atoms in total. The van der Waals surface area contributed by atoms with Crippen molar-refractivity contribution in [3.05, 3.63) is 18.2 Å². The van der Waals surface area contributed by atoms with Crippen LogP contribution in [0.25, 0.3) is 0 Å². The molecule has 24 heavy (non-hydrogen) atoms. The van der Waals surface area contributed by atoms with Crippen LogP contribution in [0.4, 0.5) is 5.69 Å². The van der Waals surface area contributed by atoms with Gasteiger partial charge in [0.15, 0.2) is 0 Å². The van der Waals surface area contributed by atoms with Gasteiger partial charge in [0, 0.05) is 11.8 Å². The van der Waals surface area contributed by atoms with Crippen molar-refractivity contribution in [2.75, 3.05) is 11.8 Å². The maximum Gasteiger partial charge on any atom is 0.409 e. The van der Waals surface area contributed by atoms with Gasteiger partial charge >= 0.3 is 16.3 Å². The summed E-state index contributed by atoms with van der Waals surface area (Å²) in [6.45, 7) is 12.1. The molecular weight excluding hydrogens is 366 g/mol. The zero-order valence-corrected chi connectivity index (χ0v) is 17.7. The highest BCUT2D eigenvalue weighted by atomic mass is 32.4. The maximum atomic E-state index is 11.7. The Morgan fingerprint density at radius 3 is 2.29 bits per heavy atom. The molecule has 0 aliphatic heterocycles. The van der Waals surface area contributed by atoms with Crippen LogP contribution in [-0.2, 0) is 19.3 Å². The van der Waals surface area contributed by atoms with E-state index in [2.05, 4.69) is 42.8 Å². The van der Waals surface area contributed by atoms with Crippen LogP contribution in [0.5, 0.6) is 5.75 Å². The fourth-order valence-corrected chi connectivity index (χ4v) is 6.67. The zero-order chi connectivity index (χ0) is 18.8. The molecule has 0 radical (unpaired) electrons. The van der Waals surface area contributed by atoms with E-state index in [0.717, 1.165) is 11.8 Å². The summed E-state index contributed by atoms with van der Waals surface area (Å²) in [5, 5.41) is 0.149. The molecule has 9 heteroatoms. The van der Waals surface area contributed by atoms with Crippen LogP contribution in [0.15, 0.2) is 23.1 Å². The average Bonchev–Trinajstić information content (AvgIpc) is 2.34. The summed E-state index contributed by atoms with van der Waals surface area (Å²) in [6.07, 6.45) is 0. The van der Waals surface area contributed by atoms with E-state index >= 15 is 0 Å². The molecular formula is C15H25NO5S2Si. The molecule has 0 saturated carbocycles. The van der Waals surface area contributed by atoms with Gasteiger partial charge in [0.05, 0.1) is 12.8 Å². The van der Waals surface area contributed by atoms with Crippen LogP contribution in [0.1, 0.15) is 27.7 Å². The molecule has 136 valence electrons. The van der Waals surface area contributed by atoms with Crippen LogP contribution in [0, 0.1) is 0 Å². The van der Waals surface area contributed by atoms with Crippen molar-refractivity contribution in [2.24, 2.45) is 0 Å². The van der Waals surface area contributed by atoms with E-state index in [1.807, 2.05) is 0 Å². The molecule has 0 atom stereocenters. The molecule has 0 aliphatic rings. The third kappa shape index (κ3) is 5.71. The number of benzene rings is 1. The van der Waals surface area contributed by atoms with Crippen LogP contribution in [-0.4, -0.2) is 28.7 Å². The van der Waals surface area contributed by atoms with E-state index in [9.17, 15) is 13.2 Å². The average molecular weight is 392 g/mol. The van der Waals surface area contributed by atoms with Crippen molar-refractivity contribution in [1.82, 2.24) is 0 Å². The molecule has 0 saturated heterocycles. The normalized spacial score (nSPS) is 12.6. The van der Waals surface area contributed by atoms with E-state index in [-0.39, 0.29) is 5.04 Å². The predicted molar refractivity (Wildman–Crippen MR) is 100 cm³/mol. The summed E-state index contributed by atoms with van der Waals surface area (Å²) in [5.74, 6) is -0.216. The number of anilines is 1. The summed E-state index contributed by atoms with van der Waals surface area (Å²) in [5.41, 5.74) is 0.318. The number of hydrogen-bond donors (Lipinski definition) is 1. The molecule has 0 bridgehead atoms. The van der Waals surface area contributed by atoms with Crippen LogP contribution < -0.4 is 9.46 Å². The highest BCUT2D eigenvalue weighted by Crippen LogP contribution is 2.48. The monoisotopic (exact) mass is 391 g/mol. The highest BCUT2D eigenvalue weighted by molar-refractivity contribution is 8.29. The topological polar surface area (TPSA) is 81.7 Å². The van der Waals surface area contributed by atoms with Gasteiger partial charge in [-0.25, -0.2) is 0 Å². The Morgan fingerprint density at radius 1 is 1.25 bits per heavy atom. The molecule has 0 amide bonds. The third-order valence-electron chi connectivity index (χ3n) is 3.80. The Labute approximate surface area is 149 Å². The molecule has 0 fully saturated rings. The van der Waals surface area contributed by atoms with Gasteiger partial charge in [-0.15, -0.1) is 11.2 Å². The second-order valence-corrected chi connectivity index (χ2v) is 17.0. The molecule has 0 unspecified atom stereocenters. The van der Waals surface area contributed by atoms with Gasteiger partial charge in [0.25, 0.3) is 0 Å². The van der Waals surface area contributed by atoms with Crippen molar-refractivity contribution in [3.63, 3.8) is 0 Å². The van der Waals surface area contributed by atoms with Crippen molar-refractivity contribution < 1.29 is 22.1 Å². The summed E-state index contributed by atoms with van der Waals surface area (Å²) >= 11 is 1.73. The quantitative estimate of drug-likeness (QED) is 0.738. The second-order valence-electron chi connectivity index (χ2n) is 6.86. The van der Waals surface area contributed by atoms with Crippen LogP contribution in [0.2, 0.25) is 18.1 Å². The lowest BCUT2D eigenvalue weighted by atomic mass is 10.2. The summed E-state index contributed by atoms with van der Waals surface area (Å²) in [7, 11) is -4.33. The Hall–Kier alpha value is -1.19. The van der Waals surface area contributed by atoms with Gasteiger partial charge in [-0.1, -0.05) is 33.9 Å². The van der Waals surface area contributed by atoms with Crippen molar-refractivity contribution in [3.8, 4) is 5.75 Å². The first kappa shape index (κ1) is 20.9. The number of nitrogens with one attached hydrogen (secondary N) is 1. The lowest BCUT2D eigenvalue weighted by Gasteiger charge is -2.36. The van der Waals surface area contributed by atoms with E-state index in [0.29, 0.717) is 11.4 Å². The minimum absolute atomic E-state index is 0.149. The van der Waals surface area contributed by atoms with Crippen LogP contribution in [0.3, 0.4) is 0 Å². The number of carbonyl (C=O) groups is 1. The molecule has 1 N–H and O–H groups in total. The standard InChI is InChI=1S/C15H25NO5S2Si/c1-11(17)21-23(18,19)16-12-8-9-13(20-5)14(10-12)22-24(6,7)15(2,3)4/h8-10,16H,1-7H3. The molecule has 1 rings (SSSR count). The first-order chi connectivity index (χ1) is 10.8. The number of methoxy groups -OCH3 is 1. The Kier molecular flexibility index (Phi) is 6.40. The number of carbonyl (C=O) groups excluding carboxylic acids is 1. The van der Waals surface area contributed by atoms with Gasteiger partial charge < -0.3 is 8.92 Å². The van der Waals surface area contributed by atoms with Gasteiger partial charge in [-0.3, -0.25) is 9.52 Å². The smallest absolute Gasteiger partial charge is 0.409 e. The number of hydrogen-bond acceptors (Lipinski definition) is 6. The molecule has 0 spiro atoms. The lowest BCUT2D eigenvalue weighted by Crippen LogP contribution is -2.33. The third-order valence-corrected chi connectivity index (χ3v) is 13.4. The van der Waals surface area contributed by atoms with Crippen molar-refractivity contribution in [1.29, 1.82) is 0 Å². The molecule has 0 heterocycles. The second kappa shape index (κ2) is 7.36. The van der Waals surface area contributed by atoms with E-state index in [1.54, 1.807) is 36.5 Å². The predicted octanol–water partition coefficient (Wildman–Crippen LogP) is 4.01. The molecule has 1 aromatic carbocycles. The Balaban J connectivity index is 3.16. The van der Waals surface area contributed by atoms with E-state index < -0.39 is 23.5 Å². The van der Waals surface area contributed by atoms with Gasteiger partial charge in [-0.2, -0.15) is 8.42 Å².